The number of carbonyl (C=O) groups excluding carboxylic acids is 1. The molecular formula is C19H18ClN3O4S. The van der Waals surface area contributed by atoms with E-state index in [0.29, 0.717) is 28.6 Å². The Morgan fingerprint density at radius 3 is 2.71 bits per heavy atom. The molecule has 0 unspecified atom stereocenters. The number of benzene rings is 2. The Hall–Kier alpha value is -2.71. The van der Waals surface area contributed by atoms with Crippen LogP contribution in [0.3, 0.4) is 0 Å². The predicted molar refractivity (Wildman–Crippen MR) is 108 cm³/mol. The molecule has 1 amide bonds. The van der Waals surface area contributed by atoms with Crippen LogP contribution in [-0.2, 0) is 4.79 Å². The molecule has 0 atom stereocenters. The Morgan fingerprint density at radius 2 is 2.00 bits per heavy atom. The zero-order valence-corrected chi connectivity index (χ0v) is 16.8. The van der Waals surface area contributed by atoms with Crippen LogP contribution < -0.4 is 14.8 Å². The summed E-state index contributed by atoms with van der Waals surface area (Å²) in [6, 6.07) is 12.3. The molecule has 9 heteroatoms. The van der Waals surface area contributed by atoms with Gasteiger partial charge in [0, 0.05) is 10.7 Å². The van der Waals surface area contributed by atoms with Gasteiger partial charge in [0.15, 0.2) is 0 Å². The first-order valence-electron chi connectivity index (χ1n) is 8.42. The number of ether oxygens (including phenoxy) is 2. The van der Waals surface area contributed by atoms with Crippen LogP contribution in [0.5, 0.6) is 11.5 Å². The second kappa shape index (κ2) is 9.48. The maximum Gasteiger partial charge on any atom is 0.277 e. The lowest BCUT2D eigenvalue weighted by atomic mass is 10.2. The van der Waals surface area contributed by atoms with Gasteiger partial charge in [-0.1, -0.05) is 23.4 Å². The SMILES string of the molecule is CCOc1ccc(NC(=O)CSc2nnc(-c3cc(Cl)ccc3OC)o2)cc1. The van der Waals surface area contributed by atoms with Crippen LogP contribution in [0.25, 0.3) is 11.5 Å². The summed E-state index contributed by atoms with van der Waals surface area (Å²) in [4.78, 5) is 12.1. The third kappa shape index (κ3) is 5.17. The highest BCUT2D eigenvalue weighted by molar-refractivity contribution is 7.99. The van der Waals surface area contributed by atoms with Gasteiger partial charge in [0.1, 0.15) is 11.5 Å². The molecule has 7 nitrogen and oxygen atoms in total. The fourth-order valence-electron chi connectivity index (χ4n) is 2.35. The molecule has 3 rings (SSSR count). The van der Waals surface area contributed by atoms with Crippen LogP contribution in [0.4, 0.5) is 5.69 Å². The molecule has 1 aromatic heterocycles. The van der Waals surface area contributed by atoms with E-state index in [-0.39, 0.29) is 22.8 Å². The van der Waals surface area contributed by atoms with Crippen molar-refractivity contribution in [1.29, 1.82) is 0 Å². The summed E-state index contributed by atoms with van der Waals surface area (Å²) in [5, 5.41) is 11.6. The van der Waals surface area contributed by atoms with Crippen molar-refractivity contribution >= 4 is 35.0 Å². The minimum atomic E-state index is -0.186. The third-order valence-corrected chi connectivity index (χ3v) is 4.63. The van der Waals surface area contributed by atoms with Gasteiger partial charge in [-0.05, 0) is 49.4 Å². The minimum absolute atomic E-state index is 0.127. The lowest BCUT2D eigenvalue weighted by Crippen LogP contribution is -2.13. The highest BCUT2D eigenvalue weighted by Crippen LogP contribution is 2.33. The van der Waals surface area contributed by atoms with Gasteiger partial charge in [-0.3, -0.25) is 4.79 Å². The van der Waals surface area contributed by atoms with E-state index in [4.69, 9.17) is 25.5 Å². The van der Waals surface area contributed by atoms with Crippen molar-refractivity contribution in [2.24, 2.45) is 0 Å². The summed E-state index contributed by atoms with van der Waals surface area (Å²) >= 11 is 7.17. The topological polar surface area (TPSA) is 86.5 Å². The van der Waals surface area contributed by atoms with E-state index in [1.54, 1.807) is 49.6 Å². The normalized spacial score (nSPS) is 10.5. The van der Waals surface area contributed by atoms with E-state index in [1.165, 1.54) is 0 Å². The Labute approximate surface area is 171 Å². The fraction of sp³-hybridized carbons (Fsp3) is 0.211. The summed E-state index contributed by atoms with van der Waals surface area (Å²) in [6.45, 7) is 2.51. The van der Waals surface area contributed by atoms with Crippen LogP contribution in [0, 0.1) is 0 Å². The van der Waals surface area contributed by atoms with Crippen molar-refractivity contribution in [3.05, 3.63) is 47.5 Å². The quantitative estimate of drug-likeness (QED) is 0.537. The molecule has 28 heavy (non-hydrogen) atoms. The van der Waals surface area contributed by atoms with Gasteiger partial charge in [0.05, 0.1) is 25.0 Å². The van der Waals surface area contributed by atoms with E-state index in [2.05, 4.69) is 15.5 Å². The number of methoxy groups -OCH3 is 1. The molecule has 146 valence electrons. The second-order valence-electron chi connectivity index (χ2n) is 5.51. The lowest BCUT2D eigenvalue weighted by Gasteiger charge is -2.06. The maximum absolute atomic E-state index is 12.1. The van der Waals surface area contributed by atoms with Crippen LogP contribution in [0.2, 0.25) is 5.02 Å². The van der Waals surface area contributed by atoms with E-state index in [0.717, 1.165) is 17.5 Å². The molecule has 0 aliphatic carbocycles. The zero-order valence-electron chi connectivity index (χ0n) is 15.3. The smallest absolute Gasteiger partial charge is 0.277 e. The van der Waals surface area contributed by atoms with Crippen molar-refractivity contribution in [3.63, 3.8) is 0 Å². The zero-order chi connectivity index (χ0) is 19.9. The lowest BCUT2D eigenvalue weighted by molar-refractivity contribution is -0.113. The Morgan fingerprint density at radius 1 is 1.21 bits per heavy atom. The van der Waals surface area contributed by atoms with Crippen molar-refractivity contribution in [2.75, 3.05) is 24.8 Å². The number of rotatable bonds is 8. The van der Waals surface area contributed by atoms with Crippen molar-refractivity contribution in [2.45, 2.75) is 12.1 Å². The summed E-state index contributed by atoms with van der Waals surface area (Å²) in [5.41, 5.74) is 1.28. The number of halogens is 1. The Bertz CT molecular complexity index is 947. The molecule has 0 fully saturated rings. The summed E-state index contributed by atoms with van der Waals surface area (Å²) in [6.07, 6.45) is 0. The van der Waals surface area contributed by atoms with Gasteiger partial charge in [-0.15, -0.1) is 10.2 Å². The average Bonchev–Trinajstić information content (AvgIpc) is 3.17. The summed E-state index contributed by atoms with van der Waals surface area (Å²) in [5.74, 6) is 1.53. The molecule has 2 aromatic carbocycles. The van der Waals surface area contributed by atoms with Crippen LogP contribution in [-0.4, -0.2) is 35.6 Å². The molecule has 0 saturated heterocycles. The van der Waals surface area contributed by atoms with E-state index >= 15 is 0 Å². The number of hydrogen-bond donors (Lipinski definition) is 1. The van der Waals surface area contributed by atoms with Crippen LogP contribution in [0.15, 0.2) is 52.1 Å². The monoisotopic (exact) mass is 419 g/mol. The number of nitrogens with one attached hydrogen (secondary N) is 1. The highest BCUT2D eigenvalue weighted by Gasteiger charge is 2.15. The van der Waals surface area contributed by atoms with E-state index in [9.17, 15) is 4.79 Å². The van der Waals surface area contributed by atoms with Crippen molar-refractivity contribution in [1.82, 2.24) is 10.2 Å². The summed E-state index contributed by atoms with van der Waals surface area (Å²) in [7, 11) is 1.55. The maximum atomic E-state index is 12.1. The van der Waals surface area contributed by atoms with Gasteiger partial charge in [-0.25, -0.2) is 0 Å². The fourth-order valence-corrected chi connectivity index (χ4v) is 3.09. The molecule has 0 bridgehead atoms. The molecule has 0 aliphatic heterocycles. The largest absolute Gasteiger partial charge is 0.496 e. The first-order valence-corrected chi connectivity index (χ1v) is 9.78. The number of thioether (sulfide) groups is 1. The number of nitrogens with zero attached hydrogens (tertiary/aromatic N) is 2. The van der Waals surface area contributed by atoms with Crippen LogP contribution >= 0.6 is 23.4 Å². The minimum Gasteiger partial charge on any atom is -0.496 e. The Balaban J connectivity index is 1.58. The molecule has 0 spiro atoms. The van der Waals surface area contributed by atoms with Crippen molar-refractivity contribution < 1.29 is 18.7 Å². The van der Waals surface area contributed by atoms with Crippen LogP contribution in [0.1, 0.15) is 6.92 Å². The number of amides is 1. The molecule has 1 N–H and O–H groups in total. The Kier molecular flexibility index (Phi) is 6.78. The molecule has 0 saturated carbocycles. The van der Waals surface area contributed by atoms with E-state index < -0.39 is 0 Å². The molecule has 0 radical (unpaired) electrons. The number of anilines is 1. The van der Waals surface area contributed by atoms with Gasteiger partial charge in [0.2, 0.25) is 5.91 Å². The molecule has 0 aliphatic rings. The summed E-state index contributed by atoms with van der Waals surface area (Å²) < 4.78 is 16.3. The number of carbonyl (C=O) groups is 1. The van der Waals surface area contributed by atoms with Gasteiger partial charge in [-0.2, -0.15) is 0 Å². The molecule has 1 heterocycles. The number of aromatic nitrogens is 2. The van der Waals surface area contributed by atoms with Gasteiger partial charge >= 0.3 is 0 Å². The average molecular weight is 420 g/mol. The third-order valence-electron chi connectivity index (χ3n) is 3.57. The predicted octanol–water partition coefficient (Wildman–Crippen LogP) is 4.53. The molecular weight excluding hydrogens is 402 g/mol. The second-order valence-corrected chi connectivity index (χ2v) is 6.87. The van der Waals surface area contributed by atoms with Gasteiger partial charge in [0.25, 0.3) is 11.1 Å². The van der Waals surface area contributed by atoms with Gasteiger partial charge < -0.3 is 19.2 Å². The molecule has 3 aromatic rings. The first-order chi connectivity index (χ1) is 13.6. The van der Waals surface area contributed by atoms with Crippen molar-refractivity contribution in [3.8, 4) is 23.0 Å². The standard InChI is InChI=1S/C19H18ClN3O4S/c1-3-26-14-7-5-13(6-8-14)21-17(24)11-28-19-23-22-18(27-19)15-10-12(20)4-9-16(15)25-2/h4-10H,3,11H2,1-2H3,(H,21,24). The van der Waals surface area contributed by atoms with E-state index in [1.807, 2.05) is 6.92 Å². The first kappa shape index (κ1) is 20.0. The highest BCUT2D eigenvalue weighted by atomic mass is 35.5. The number of hydrogen-bond acceptors (Lipinski definition) is 7.